The van der Waals surface area contributed by atoms with E-state index >= 15 is 0 Å². The van der Waals surface area contributed by atoms with E-state index in [1.54, 1.807) is 0 Å². The van der Waals surface area contributed by atoms with Crippen LogP contribution in [0.3, 0.4) is 0 Å². The third-order valence-corrected chi connectivity index (χ3v) is 10.2. The van der Waals surface area contributed by atoms with Gasteiger partial charge in [-0.1, -0.05) is 0 Å². The number of quaternary nitrogens is 2. The normalized spacial score (nSPS) is 31.8. The quantitative estimate of drug-likeness (QED) is 0.253. The minimum absolute atomic E-state index is 0.727. The summed E-state index contributed by atoms with van der Waals surface area (Å²) < 4.78 is 87.3. The summed E-state index contributed by atoms with van der Waals surface area (Å²) in [5.41, 5.74) is -6.50. The van der Waals surface area contributed by atoms with Crippen molar-refractivity contribution in [2.24, 2.45) is 10.2 Å². The molecule has 2 rings (SSSR count). The Labute approximate surface area is 147 Å². The minimum atomic E-state index is -6.50. The monoisotopic (exact) mass is 436 g/mol. The van der Waals surface area contributed by atoms with E-state index in [1.807, 2.05) is 0 Å². The van der Waals surface area contributed by atoms with E-state index in [2.05, 4.69) is 10.2 Å². The van der Waals surface area contributed by atoms with Crippen LogP contribution in [0.15, 0.2) is 10.2 Å². The first kappa shape index (κ1) is 20.5. The molecule has 0 aliphatic carbocycles. The van der Waals surface area contributed by atoms with E-state index in [0.29, 0.717) is 0 Å². The first-order valence-corrected chi connectivity index (χ1v) is 12.1. The van der Waals surface area contributed by atoms with E-state index in [9.17, 15) is 26.3 Å². The Morgan fingerprint density at radius 3 is 1.32 bits per heavy atom. The average molecular weight is 437 g/mol. The second kappa shape index (κ2) is 4.55. The number of hydrogen-bond donors (Lipinski definition) is 0. The molecule has 0 amide bonds. The van der Waals surface area contributed by atoms with Crippen LogP contribution in [0.4, 0.5) is 26.3 Å². The van der Waals surface area contributed by atoms with Crippen molar-refractivity contribution in [3.05, 3.63) is 0 Å². The van der Waals surface area contributed by atoms with Crippen LogP contribution in [0.1, 0.15) is 0 Å². The van der Waals surface area contributed by atoms with Gasteiger partial charge in [-0.25, -0.2) is 0 Å². The molecular formula is C10H16Cl2F6N4O2Si. The Hall–Kier alpha value is -0.763. The standard InChI is InChI=1S/C10H16Cl2F6N4O2Si/c1-21(2)5-25(11,12,23-7(19-21)9(13,14)15)6-22(3,4)20-8(24-25)10(16,17)18/h5-6H2,1-4H3. The molecule has 6 nitrogen and oxygen atoms in total. The summed E-state index contributed by atoms with van der Waals surface area (Å²) in [5.74, 6) is -3.69. The molecular weight excluding hydrogens is 421 g/mol. The number of nitrogens with zero attached hydrogens (tertiary/aromatic N) is 4. The third kappa shape index (κ3) is 3.99. The van der Waals surface area contributed by atoms with Gasteiger partial charge in [-0.2, -0.15) is 0 Å². The van der Waals surface area contributed by atoms with Crippen molar-refractivity contribution >= 4 is 39.7 Å². The van der Waals surface area contributed by atoms with Gasteiger partial charge in [0.25, 0.3) is 0 Å². The molecule has 25 heavy (non-hydrogen) atoms. The Bertz CT molecular complexity index is 642. The van der Waals surface area contributed by atoms with Gasteiger partial charge in [-0.15, -0.1) is 0 Å². The summed E-state index contributed by atoms with van der Waals surface area (Å²) in [6.07, 6.45) is -11.7. The van der Waals surface area contributed by atoms with E-state index < -0.39 is 51.4 Å². The van der Waals surface area contributed by atoms with Crippen LogP contribution in [-0.4, -0.2) is 79.6 Å². The van der Waals surface area contributed by atoms with Gasteiger partial charge < -0.3 is 0 Å². The SMILES string of the molecule is C[N+]1(C)C[Si-2]2(Cl)(Cl)(C[N+](C)(C)N=C(C(F)(F)F)O2)OC(C(F)(F)F)=N1. The Balaban J connectivity index is 2.73. The zero-order chi connectivity index (χ0) is 19.8. The molecule has 2 aliphatic heterocycles. The van der Waals surface area contributed by atoms with Gasteiger partial charge in [0.15, 0.2) is 0 Å². The molecule has 0 bridgehead atoms. The molecule has 2 heterocycles. The molecule has 0 aromatic carbocycles. The van der Waals surface area contributed by atoms with Gasteiger partial charge in [0.2, 0.25) is 0 Å². The third-order valence-electron chi connectivity index (χ3n) is 3.42. The molecule has 0 unspecified atom stereocenters. The molecule has 0 fully saturated rings. The van der Waals surface area contributed by atoms with Crippen molar-refractivity contribution in [3.63, 3.8) is 0 Å². The van der Waals surface area contributed by atoms with Crippen molar-refractivity contribution in [1.82, 2.24) is 0 Å². The van der Waals surface area contributed by atoms with Crippen LogP contribution >= 0.6 is 22.2 Å². The number of hydrogen-bond acceptors (Lipinski definition) is 4. The molecule has 0 saturated heterocycles. The Kier molecular flexibility index (Phi) is 3.74. The van der Waals surface area contributed by atoms with E-state index in [0.717, 1.165) is 0 Å². The fourth-order valence-corrected chi connectivity index (χ4v) is 13.1. The second-order valence-corrected chi connectivity index (χ2v) is 18.9. The number of halogens is 8. The van der Waals surface area contributed by atoms with E-state index in [-0.39, 0.29) is 0 Å². The summed E-state index contributed by atoms with van der Waals surface area (Å²) in [5, 5.41) is 6.66. The Morgan fingerprint density at radius 2 is 1.08 bits per heavy atom. The zero-order valence-corrected chi connectivity index (χ0v) is 16.1. The van der Waals surface area contributed by atoms with Crippen LogP contribution in [-0.2, 0) is 8.85 Å². The van der Waals surface area contributed by atoms with Crippen molar-refractivity contribution in [3.8, 4) is 0 Å². The molecule has 0 atom stereocenters. The number of rotatable bonds is 0. The summed E-state index contributed by atoms with van der Waals surface area (Å²) in [6.45, 7) is 0. The van der Waals surface area contributed by atoms with Gasteiger partial charge in [0, 0.05) is 0 Å². The molecule has 0 aromatic heterocycles. The van der Waals surface area contributed by atoms with Crippen LogP contribution in [0, 0.1) is 0 Å². The molecule has 0 saturated carbocycles. The van der Waals surface area contributed by atoms with Gasteiger partial charge in [-0.05, 0) is 0 Å². The summed E-state index contributed by atoms with van der Waals surface area (Å²) >= 11 is 12.8. The van der Waals surface area contributed by atoms with Crippen molar-refractivity contribution in [2.45, 2.75) is 12.4 Å². The molecule has 0 N–H and O–H groups in total. The zero-order valence-electron chi connectivity index (χ0n) is 13.5. The fourth-order valence-electron chi connectivity index (χ4n) is 3.29. The second-order valence-electron chi connectivity index (χ2n) is 7.39. The maximum absolute atomic E-state index is 13.2. The first-order chi connectivity index (χ1) is 10.6. The van der Waals surface area contributed by atoms with Crippen molar-refractivity contribution in [2.75, 3.05) is 40.5 Å². The number of alkyl halides is 6. The average Bonchev–Trinajstić information content (AvgIpc) is 2.18. The predicted molar refractivity (Wildman–Crippen MR) is 80.6 cm³/mol. The van der Waals surface area contributed by atoms with Crippen LogP contribution in [0.5, 0.6) is 0 Å². The van der Waals surface area contributed by atoms with Gasteiger partial charge in [0.05, 0.1) is 0 Å². The van der Waals surface area contributed by atoms with Crippen LogP contribution in [0.25, 0.3) is 0 Å². The fraction of sp³-hybridized carbons (Fsp3) is 0.800. The van der Waals surface area contributed by atoms with Gasteiger partial charge >= 0.3 is 147 Å². The van der Waals surface area contributed by atoms with Crippen LogP contribution < -0.4 is 0 Å². The topological polar surface area (TPSA) is 43.2 Å². The van der Waals surface area contributed by atoms with E-state index in [4.69, 9.17) is 31.0 Å². The first-order valence-electron chi connectivity index (χ1n) is 6.80. The predicted octanol–water partition coefficient (Wildman–Crippen LogP) is 2.85. The Morgan fingerprint density at radius 1 is 0.800 bits per heavy atom. The molecule has 2 aliphatic rings. The molecule has 148 valence electrons. The summed E-state index contributed by atoms with van der Waals surface area (Å²) in [7, 11) is 4.74. The van der Waals surface area contributed by atoms with Crippen molar-refractivity contribution in [1.29, 1.82) is 0 Å². The van der Waals surface area contributed by atoms with Gasteiger partial charge in [0.1, 0.15) is 0 Å². The molecule has 0 aromatic rings. The van der Waals surface area contributed by atoms with Crippen molar-refractivity contribution < 1.29 is 44.4 Å². The molecule has 15 heteroatoms. The maximum atomic E-state index is 13.2. The van der Waals surface area contributed by atoms with Crippen LogP contribution in [0.2, 0.25) is 0 Å². The van der Waals surface area contributed by atoms with E-state index in [1.165, 1.54) is 28.2 Å². The molecule has 0 radical (unpaired) electrons. The summed E-state index contributed by atoms with van der Waals surface area (Å²) in [6, 6.07) is 0. The molecule has 1 spiro atoms. The van der Waals surface area contributed by atoms with Gasteiger partial charge in [-0.3, -0.25) is 0 Å². The summed E-state index contributed by atoms with van der Waals surface area (Å²) in [4.78, 5) is 0.